The van der Waals surface area contributed by atoms with E-state index in [9.17, 15) is 0 Å². The van der Waals surface area contributed by atoms with E-state index in [2.05, 4.69) is 29.0 Å². The zero-order valence-corrected chi connectivity index (χ0v) is 17.1. The molecule has 1 aromatic carbocycles. The SMILES string of the molecule is CC(C)c1nc(C=NO)n(Cc2ccccn2)c1Sc1cc(Cl)cc(Cl)c1. The van der Waals surface area contributed by atoms with Crippen LogP contribution in [0.4, 0.5) is 0 Å². The monoisotopic (exact) mass is 420 g/mol. The van der Waals surface area contributed by atoms with Crippen LogP contribution in [0.15, 0.2) is 57.7 Å². The number of hydrogen-bond acceptors (Lipinski definition) is 5. The van der Waals surface area contributed by atoms with E-state index in [1.807, 2.05) is 34.9 Å². The first-order valence-corrected chi connectivity index (χ1v) is 9.87. The number of nitrogens with zero attached hydrogens (tertiary/aromatic N) is 4. The smallest absolute Gasteiger partial charge is 0.156 e. The first-order chi connectivity index (χ1) is 13.0. The van der Waals surface area contributed by atoms with E-state index in [0.29, 0.717) is 22.4 Å². The number of pyridine rings is 1. The van der Waals surface area contributed by atoms with Crippen molar-refractivity contribution in [2.24, 2.45) is 5.16 Å². The second-order valence-electron chi connectivity index (χ2n) is 6.17. The molecule has 3 aromatic rings. The molecule has 140 valence electrons. The Labute approximate surface area is 172 Å². The molecule has 1 N–H and O–H groups in total. The van der Waals surface area contributed by atoms with E-state index in [1.165, 1.54) is 18.0 Å². The van der Waals surface area contributed by atoms with Crippen LogP contribution < -0.4 is 0 Å². The van der Waals surface area contributed by atoms with Crippen molar-refractivity contribution in [3.63, 3.8) is 0 Å². The second-order valence-corrected chi connectivity index (χ2v) is 8.11. The Morgan fingerprint density at radius 3 is 2.56 bits per heavy atom. The number of imidazole rings is 1. The number of oxime groups is 1. The molecule has 0 aliphatic rings. The topological polar surface area (TPSA) is 63.3 Å². The number of benzene rings is 1. The highest BCUT2D eigenvalue weighted by atomic mass is 35.5. The largest absolute Gasteiger partial charge is 0.411 e. The maximum Gasteiger partial charge on any atom is 0.156 e. The molecule has 2 aromatic heterocycles. The Kier molecular flexibility index (Phi) is 6.42. The van der Waals surface area contributed by atoms with Crippen LogP contribution in [0.1, 0.15) is 37.0 Å². The van der Waals surface area contributed by atoms with E-state index >= 15 is 0 Å². The van der Waals surface area contributed by atoms with Gasteiger partial charge < -0.3 is 9.77 Å². The van der Waals surface area contributed by atoms with Crippen molar-refractivity contribution >= 4 is 41.2 Å². The Balaban J connectivity index is 2.10. The van der Waals surface area contributed by atoms with Crippen LogP contribution >= 0.6 is 35.0 Å². The minimum atomic E-state index is 0.179. The number of hydrogen-bond donors (Lipinski definition) is 1. The molecule has 2 heterocycles. The maximum absolute atomic E-state index is 9.07. The Morgan fingerprint density at radius 1 is 1.22 bits per heavy atom. The lowest BCUT2D eigenvalue weighted by Gasteiger charge is -2.12. The van der Waals surface area contributed by atoms with Gasteiger partial charge in [-0.1, -0.05) is 60.0 Å². The Morgan fingerprint density at radius 2 is 1.96 bits per heavy atom. The molecule has 0 fully saturated rings. The molecule has 0 amide bonds. The third-order valence-corrected chi connectivity index (χ3v) is 5.32. The molecular weight excluding hydrogens is 403 g/mol. The molecule has 0 bridgehead atoms. The van der Waals surface area contributed by atoms with Crippen LogP contribution in [0.25, 0.3) is 0 Å². The fourth-order valence-electron chi connectivity index (χ4n) is 2.61. The van der Waals surface area contributed by atoms with Gasteiger partial charge in [0.05, 0.1) is 17.9 Å². The van der Waals surface area contributed by atoms with Gasteiger partial charge in [-0.25, -0.2) is 4.98 Å². The predicted molar refractivity (Wildman–Crippen MR) is 110 cm³/mol. The quantitative estimate of drug-likeness (QED) is 0.314. The van der Waals surface area contributed by atoms with Crippen LogP contribution in [-0.4, -0.2) is 26.0 Å². The first kappa shape index (κ1) is 19.7. The van der Waals surface area contributed by atoms with Crippen LogP contribution in [0.5, 0.6) is 0 Å². The van der Waals surface area contributed by atoms with Gasteiger partial charge in [0, 0.05) is 21.1 Å². The summed E-state index contributed by atoms with van der Waals surface area (Å²) >= 11 is 13.8. The summed E-state index contributed by atoms with van der Waals surface area (Å²) in [5.41, 5.74) is 1.78. The van der Waals surface area contributed by atoms with Gasteiger partial charge in [-0.05, 0) is 36.2 Å². The standard InChI is InChI=1S/C19H18Cl2N4OS/c1-12(2)18-19(27-16-8-13(20)7-14(21)9-16)25(17(24-18)10-23-26)11-15-5-3-4-6-22-15/h3-10,12,26H,11H2,1-2H3. The molecule has 0 aliphatic carbocycles. The molecule has 0 saturated heterocycles. The van der Waals surface area contributed by atoms with Gasteiger partial charge in [0.1, 0.15) is 11.2 Å². The third kappa shape index (κ3) is 4.83. The zero-order valence-electron chi connectivity index (χ0n) is 14.8. The number of halogens is 2. The predicted octanol–water partition coefficient (Wildman–Crippen LogP) is 5.72. The first-order valence-electron chi connectivity index (χ1n) is 8.29. The van der Waals surface area contributed by atoms with Gasteiger partial charge in [-0.2, -0.15) is 0 Å². The molecule has 0 spiro atoms. The van der Waals surface area contributed by atoms with Crippen LogP contribution in [0, 0.1) is 0 Å². The molecular formula is C19H18Cl2N4OS. The van der Waals surface area contributed by atoms with E-state index in [0.717, 1.165) is 21.3 Å². The van der Waals surface area contributed by atoms with Crippen molar-refractivity contribution in [2.45, 2.75) is 36.2 Å². The minimum absolute atomic E-state index is 0.179. The van der Waals surface area contributed by atoms with E-state index in [4.69, 9.17) is 28.4 Å². The molecule has 3 rings (SSSR count). The summed E-state index contributed by atoms with van der Waals surface area (Å²) in [6.07, 6.45) is 3.09. The number of aromatic nitrogens is 3. The lowest BCUT2D eigenvalue weighted by Crippen LogP contribution is -2.07. The normalized spacial score (nSPS) is 11.6. The average molecular weight is 421 g/mol. The highest BCUT2D eigenvalue weighted by molar-refractivity contribution is 7.99. The Hall–Kier alpha value is -2.02. The molecule has 0 saturated carbocycles. The minimum Gasteiger partial charge on any atom is -0.411 e. The van der Waals surface area contributed by atoms with Crippen molar-refractivity contribution in [3.8, 4) is 0 Å². The van der Waals surface area contributed by atoms with Gasteiger partial charge in [0.25, 0.3) is 0 Å². The highest BCUT2D eigenvalue weighted by Crippen LogP contribution is 2.37. The lowest BCUT2D eigenvalue weighted by molar-refractivity contribution is 0.321. The average Bonchev–Trinajstić information content (AvgIpc) is 2.93. The van der Waals surface area contributed by atoms with E-state index in [1.54, 1.807) is 12.3 Å². The summed E-state index contributed by atoms with van der Waals surface area (Å²) in [4.78, 5) is 9.98. The lowest BCUT2D eigenvalue weighted by atomic mass is 10.1. The molecule has 27 heavy (non-hydrogen) atoms. The van der Waals surface area contributed by atoms with Crippen LogP contribution in [-0.2, 0) is 6.54 Å². The maximum atomic E-state index is 9.07. The molecule has 8 heteroatoms. The van der Waals surface area contributed by atoms with Gasteiger partial charge >= 0.3 is 0 Å². The van der Waals surface area contributed by atoms with Gasteiger partial charge in [0.15, 0.2) is 5.82 Å². The number of rotatable bonds is 6. The second kappa shape index (κ2) is 8.78. The van der Waals surface area contributed by atoms with Crippen molar-refractivity contribution in [1.82, 2.24) is 14.5 Å². The van der Waals surface area contributed by atoms with Crippen molar-refractivity contribution in [1.29, 1.82) is 0 Å². The van der Waals surface area contributed by atoms with Gasteiger partial charge in [0.2, 0.25) is 0 Å². The Bertz CT molecular complexity index is 938. The summed E-state index contributed by atoms with van der Waals surface area (Å²) in [6, 6.07) is 11.2. The molecule has 0 radical (unpaired) electrons. The molecule has 0 unspecified atom stereocenters. The summed E-state index contributed by atoms with van der Waals surface area (Å²) in [6.45, 7) is 4.64. The van der Waals surface area contributed by atoms with Gasteiger partial charge in [-0.15, -0.1) is 0 Å². The summed E-state index contributed by atoms with van der Waals surface area (Å²) in [7, 11) is 0. The van der Waals surface area contributed by atoms with Gasteiger partial charge in [-0.3, -0.25) is 4.98 Å². The molecule has 5 nitrogen and oxygen atoms in total. The van der Waals surface area contributed by atoms with Crippen molar-refractivity contribution in [2.75, 3.05) is 0 Å². The fourth-order valence-corrected chi connectivity index (χ4v) is 4.52. The van der Waals surface area contributed by atoms with E-state index in [-0.39, 0.29) is 5.92 Å². The van der Waals surface area contributed by atoms with Crippen LogP contribution in [0.3, 0.4) is 0 Å². The highest BCUT2D eigenvalue weighted by Gasteiger charge is 2.20. The summed E-state index contributed by atoms with van der Waals surface area (Å²) in [5.74, 6) is 0.737. The summed E-state index contributed by atoms with van der Waals surface area (Å²) < 4.78 is 1.98. The van der Waals surface area contributed by atoms with Crippen molar-refractivity contribution < 1.29 is 5.21 Å². The zero-order chi connectivity index (χ0) is 19.4. The summed E-state index contributed by atoms with van der Waals surface area (Å²) in [5, 5.41) is 14.3. The molecule has 0 atom stereocenters. The third-order valence-electron chi connectivity index (χ3n) is 3.79. The van der Waals surface area contributed by atoms with E-state index < -0.39 is 0 Å². The molecule has 0 aliphatic heterocycles. The fraction of sp³-hybridized carbons (Fsp3) is 0.211. The van der Waals surface area contributed by atoms with Crippen molar-refractivity contribution in [3.05, 3.63) is 69.9 Å². The van der Waals surface area contributed by atoms with Crippen LogP contribution in [0.2, 0.25) is 10.0 Å².